The van der Waals surface area contributed by atoms with Gasteiger partial charge in [0.25, 0.3) is 0 Å². The second kappa shape index (κ2) is 11.3. The molecule has 0 saturated heterocycles. The summed E-state index contributed by atoms with van der Waals surface area (Å²) in [7, 11) is 0. The molecule has 0 unspecified atom stereocenters. The molecular formula is C24H32N4O2. The highest BCUT2D eigenvalue weighted by Crippen LogP contribution is 2.26. The fraction of sp³-hybridized carbons (Fsp3) is 0.375. The Balaban J connectivity index is 2.26. The van der Waals surface area contributed by atoms with Crippen molar-refractivity contribution in [2.24, 2.45) is 11.7 Å². The van der Waals surface area contributed by atoms with E-state index in [0.717, 1.165) is 24.0 Å². The fourth-order valence-corrected chi connectivity index (χ4v) is 3.01. The number of benzene rings is 1. The summed E-state index contributed by atoms with van der Waals surface area (Å²) in [6.45, 7) is 8.26. The number of aryl methyl sites for hydroxylation is 1. The van der Waals surface area contributed by atoms with E-state index in [4.69, 9.17) is 5.73 Å². The molecule has 0 atom stereocenters. The lowest BCUT2D eigenvalue weighted by atomic mass is 10.00. The molecular weight excluding hydrogens is 376 g/mol. The molecule has 1 amide bonds. The largest absolute Gasteiger partial charge is 0.401 e. The Morgan fingerprint density at radius 2 is 1.90 bits per heavy atom. The smallest absolute Gasteiger partial charge is 0.238 e. The number of carbonyl (C=O) groups excluding carboxylic acids is 2. The van der Waals surface area contributed by atoms with E-state index in [1.165, 1.54) is 5.56 Å². The molecule has 0 radical (unpaired) electrons. The van der Waals surface area contributed by atoms with Crippen LogP contribution in [0.1, 0.15) is 50.2 Å². The lowest BCUT2D eigenvalue weighted by Crippen LogP contribution is -2.31. The van der Waals surface area contributed by atoms with Gasteiger partial charge in [-0.2, -0.15) is 0 Å². The van der Waals surface area contributed by atoms with Crippen molar-refractivity contribution in [3.63, 3.8) is 0 Å². The summed E-state index contributed by atoms with van der Waals surface area (Å²) in [5.41, 5.74) is 10.3. The molecule has 4 N–H and O–H groups in total. The van der Waals surface area contributed by atoms with Gasteiger partial charge in [0.05, 0.1) is 12.2 Å². The second-order valence-corrected chi connectivity index (χ2v) is 7.53. The van der Waals surface area contributed by atoms with Gasteiger partial charge in [0.2, 0.25) is 5.91 Å². The molecule has 1 aromatic heterocycles. The molecule has 2 rings (SSSR count). The van der Waals surface area contributed by atoms with Crippen molar-refractivity contribution in [1.82, 2.24) is 10.3 Å². The molecule has 0 aliphatic heterocycles. The molecule has 6 nitrogen and oxygen atoms in total. The first-order valence-electron chi connectivity index (χ1n) is 10.4. The van der Waals surface area contributed by atoms with Crippen LogP contribution in [-0.4, -0.2) is 29.8 Å². The monoisotopic (exact) mass is 408 g/mol. The standard InChI is InChI=1S/C24H32N4O2/c1-5-8-20(25)14-26-15-22(29)28-21-12-19(13-27-23(21)24(30)16(3)4)18-10-7-9-17(6-2)11-18/h7-13,16,26H,5-6,14-15,25H2,1-4H3,(H,28,29)/b20-8-. The van der Waals surface area contributed by atoms with Crippen molar-refractivity contribution < 1.29 is 9.59 Å². The molecule has 1 heterocycles. The van der Waals surface area contributed by atoms with E-state index in [-0.39, 0.29) is 29.8 Å². The molecule has 0 spiro atoms. The van der Waals surface area contributed by atoms with Crippen LogP contribution in [0.3, 0.4) is 0 Å². The Kier molecular flexibility index (Phi) is 8.74. The number of allylic oxidation sites excluding steroid dienone is 1. The third kappa shape index (κ3) is 6.52. The number of Topliss-reactive ketones (excluding diaryl/α,β-unsaturated/α-hetero) is 1. The van der Waals surface area contributed by atoms with Crippen molar-refractivity contribution in [2.75, 3.05) is 18.4 Å². The summed E-state index contributed by atoms with van der Waals surface area (Å²) in [6, 6.07) is 9.98. The molecule has 160 valence electrons. The predicted molar refractivity (Wildman–Crippen MR) is 122 cm³/mol. The first-order chi connectivity index (χ1) is 14.3. The average molecular weight is 409 g/mol. The summed E-state index contributed by atoms with van der Waals surface area (Å²) in [5, 5.41) is 5.86. The topological polar surface area (TPSA) is 97.1 Å². The third-order valence-corrected chi connectivity index (χ3v) is 4.67. The maximum Gasteiger partial charge on any atom is 0.238 e. The normalized spacial score (nSPS) is 11.6. The lowest BCUT2D eigenvalue weighted by Gasteiger charge is -2.14. The van der Waals surface area contributed by atoms with Crippen LogP contribution in [0, 0.1) is 5.92 Å². The first-order valence-corrected chi connectivity index (χ1v) is 10.4. The molecule has 0 fully saturated rings. The zero-order valence-electron chi connectivity index (χ0n) is 18.3. The van der Waals surface area contributed by atoms with Crippen molar-refractivity contribution in [2.45, 2.75) is 40.5 Å². The van der Waals surface area contributed by atoms with Gasteiger partial charge in [0.15, 0.2) is 5.78 Å². The van der Waals surface area contributed by atoms with Crippen molar-refractivity contribution in [1.29, 1.82) is 0 Å². The minimum absolute atomic E-state index is 0.0864. The van der Waals surface area contributed by atoms with E-state index in [0.29, 0.717) is 17.9 Å². The van der Waals surface area contributed by atoms with Crippen LogP contribution >= 0.6 is 0 Å². The number of nitrogens with zero attached hydrogens (tertiary/aromatic N) is 1. The Labute approximate surface area is 179 Å². The van der Waals surface area contributed by atoms with Crippen molar-refractivity contribution in [3.8, 4) is 11.1 Å². The van der Waals surface area contributed by atoms with E-state index in [1.54, 1.807) is 6.20 Å². The Morgan fingerprint density at radius 1 is 1.13 bits per heavy atom. The maximum atomic E-state index is 12.6. The molecule has 0 aliphatic rings. The van der Waals surface area contributed by atoms with Crippen molar-refractivity contribution in [3.05, 3.63) is 59.6 Å². The first kappa shape index (κ1) is 23.3. The highest BCUT2D eigenvalue weighted by atomic mass is 16.2. The number of anilines is 1. The number of pyridine rings is 1. The Bertz CT molecular complexity index is 919. The third-order valence-electron chi connectivity index (χ3n) is 4.67. The van der Waals surface area contributed by atoms with E-state index in [9.17, 15) is 9.59 Å². The van der Waals surface area contributed by atoms with Crippen LogP contribution in [0.2, 0.25) is 0 Å². The van der Waals surface area contributed by atoms with Crippen LogP contribution in [0.5, 0.6) is 0 Å². The van der Waals surface area contributed by atoms with Gasteiger partial charge in [0.1, 0.15) is 5.69 Å². The number of ketones is 1. The SMILES string of the molecule is CC/C=C(\N)CNCC(=O)Nc1cc(-c2cccc(CC)c2)cnc1C(=O)C(C)C. The fourth-order valence-electron chi connectivity index (χ4n) is 3.01. The van der Waals surface area contributed by atoms with Gasteiger partial charge < -0.3 is 16.4 Å². The molecule has 6 heteroatoms. The highest BCUT2D eigenvalue weighted by molar-refractivity contribution is 6.05. The number of carbonyl (C=O) groups is 2. The van der Waals surface area contributed by atoms with Crippen LogP contribution in [-0.2, 0) is 11.2 Å². The van der Waals surface area contributed by atoms with Gasteiger partial charge in [-0.05, 0) is 30.0 Å². The van der Waals surface area contributed by atoms with Gasteiger partial charge in [0, 0.05) is 29.9 Å². The second-order valence-electron chi connectivity index (χ2n) is 7.53. The Hall–Kier alpha value is -2.99. The van der Waals surface area contributed by atoms with E-state index in [2.05, 4.69) is 34.7 Å². The summed E-state index contributed by atoms with van der Waals surface area (Å²) >= 11 is 0. The number of rotatable bonds is 10. The summed E-state index contributed by atoms with van der Waals surface area (Å²) in [6.07, 6.45) is 5.37. The molecule has 30 heavy (non-hydrogen) atoms. The van der Waals surface area contributed by atoms with Crippen molar-refractivity contribution >= 4 is 17.4 Å². The quantitative estimate of drug-likeness (QED) is 0.518. The minimum Gasteiger partial charge on any atom is -0.401 e. The minimum atomic E-state index is -0.252. The molecule has 0 aliphatic carbocycles. The van der Waals surface area contributed by atoms with E-state index >= 15 is 0 Å². The summed E-state index contributed by atoms with van der Waals surface area (Å²) in [4.78, 5) is 29.5. The molecule has 2 aromatic rings. The molecule has 0 saturated carbocycles. The molecule has 0 bridgehead atoms. The number of aromatic nitrogens is 1. The van der Waals surface area contributed by atoms with Gasteiger partial charge >= 0.3 is 0 Å². The number of nitrogens with two attached hydrogens (primary N) is 1. The van der Waals surface area contributed by atoms with Crippen LogP contribution in [0.25, 0.3) is 11.1 Å². The zero-order valence-corrected chi connectivity index (χ0v) is 18.3. The highest BCUT2D eigenvalue weighted by Gasteiger charge is 2.19. The van der Waals surface area contributed by atoms with Crippen LogP contribution in [0.4, 0.5) is 5.69 Å². The number of hydrogen-bond donors (Lipinski definition) is 3. The zero-order chi connectivity index (χ0) is 22.1. The average Bonchev–Trinajstić information content (AvgIpc) is 2.73. The number of hydrogen-bond acceptors (Lipinski definition) is 5. The number of amides is 1. The predicted octanol–water partition coefficient (Wildman–Crippen LogP) is 3.93. The summed E-state index contributed by atoms with van der Waals surface area (Å²) < 4.78 is 0. The molecule has 1 aromatic carbocycles. The number of nitrogens with one attached hydrogen (secondary N) is 2. The van der Waals surface area contributed by atoms with Crippen LogP contribution in [0.15, 0.2) is 48.3 Å². The van der Waals surface area contributed by atoms with Crippen LogP contribution < -0.4 is 16.4 Å². The van der Waals surface area contributed by atoms with E-state index < -0.39 is 0 Å². The van der Waals surface area contributed by atoms with Gasteiger partial charge in [-0.1, -0.05) is 58.0 Å². The Morgan fingerprint density at radius 3 is 2.57 bits per heavy atom. The summed E-state index contributed by atoms with van der Waals surface area (Å²) in [5.74, 6) is -0.583. The lowest BCUT2D eigenvalue weighted by molar-refractivity contribution is -0.115. The van der Waals surface area contributed by atoms with Gasteiger partial charge in [-0.15, -0.1) is 0 Å². The maximum absolute atomic E-state index is 12.6. The van der Waals surface area contributed by atoms with Gasteiger partial charge in [-0.25, -0.2) is 0 Å². The van der Waals surface area contributed by atoms with Gasteiger partial charge in [-0.3, -0.25) is 14.6 Å². The van der Waals surface area contributed by atoms with E-state index in [1.807, 2.05) is 45.0 Å².